The highest BCUT2D eigenvalue weighted by atomic mass is 19.4. The van der Waals surface area contributed by atoms with E-state index in [1.807, 2.05) is 29.3 Å². The number of aliphatic hydroxyl groups is 1. The molecule has 13 heteroatoms. The number of aromatic amines is 1. The summed E-state index contributed by atoms with van der Waals surface area (Å²) < 4.78 is 47.9. The summed E-state index contributed by atoms with van der Waals surface area (Å²) in [6, 6.07) is 6.83. The Bertz CT molecular complexity index is 1440. The summed E-state index contributed by atoms with van der Waals surface area (Å²) in [4.78, 5) is 13.9. The molecule has 0 amide bonds. The zero-order valence-corrected chi connectivity index (χ0v) is 22.3. The van der Waals surface area contributed by atoms with E-state index in [1.165, 1.54) is 6.07 Å². The van der Waals surface area contributed by atoms with Gasteiger partial charge in [0.1, 0.15) is 23.7 Å². The summed E-state index contributed by atoms with van der Waals surface area (Å²) in [5.41, 5.74) is 1.35. The number of rotatable bonds is 8. The first-order valence-corrected chi connectivity index (χ1v) is 13.8. The highest BCUT2D eigenvalue weighted by Crippen LogP contribution is 2.45. The predicted molar refractivity (Wildman–Crippen MR) is 143 cm³/mol. The largest absolute Gasteiger partial charge is 0.474 e. The first-order chi connectivity index (χ1) is 19.8. The predicted octanol–water partition coefficient (Wildman–Crippen LogP) is 4.09. The number of pyridine rings is 1. The minimum Gasteiger partial charge on any atom is -0.474 e. The van der Waals surface area contributed by atoms with E-state index in [4.69, 9.17) is 9.84 Å². The minimum atomic E-state index is -4.59. The number of hydrogen-bond acceptors (Lipinski definition) is 8. The van der Waals surface area contributed by atoms with Crippen LogP contribution >= 0.6 is 0 Å². The molecule has 216 valence electrons. The van der Waals surface area contributed by atoms with Gasteiger partial charge in [-0.15, -0.1) is 0 Å². The molecule has 4 unspecified atom stereocenters. The molecule has 1 saturated heterocycles. The number of fused-ring (bicyclic) bond motifs is 1. The highest BCUT2D eigenvalue weighted by Gasteiger charge is 2.46. The van der Waals surface area contributed by atoms with Crippen LogP contribution in [-0.2, 0) is 12.6 Å². The lowest BCUT2D eigenvalue weighted by molar-refractivity contribution is -0.141. The molecule has 41 heavy (non-hydrogen) atoms. The monoisotopic (exact) mass is 568 g/mol. The number of halogens is 3. The number of aliphatic imine (C=N–C) groups is 1. The number of anilines is 1. The van der Waals surface area contributed by atoms with Crippen molar-refractivity contribution in [2.45, 2.75) is 62.5 Å². The van der Waals surface area contributed by atoms with E-state index in [0.29, 0.717) is 37.9 Å². The maximum Gasteiger partial charge on any atom is 0.433 e. The number of likely N-dealkylation sites (tertiary alicyclic amines) is 1. The lowest BCUT2D eigenvalue weighted by Crippen LogP contribution is -2.56. The number of ether oxygens (including phenoxy) is 1. The van der Waals surface area contributed by atoms with Crippen LogP contribution in [0.2, 0.25) is 0 Å². The molecular weight excluding hydrogens is 537 g/mol. The van der Waals surface area contributed by atoms with E-state index in [0.717, 1.165) is 29.4 Å². The van der Waals surface area contributed by atoms with Gasteiger partial charge in [0.15, 0.2) is 0 Å². The Labute approximate surface area is 234 Å². The lowest BCUT2D eigenvalue weighted by Gasteiger charge is -2.51. The van der Waals surface area contributed by atoms with E-state index in [9.17, 15) is 23.5 Å². The first-order valence-electron chi connectivity index (χ1n) is 13.8. The number of aliphatic hydroxyl groups excluding tert-OH is 1. The maximum absolute atomic E-state index is 13.3. The molecule has 1 aliphatic carbocycles. The molecule has 3 aromatic heterocycles. The molecule has 3 aliphatic rings. The van der Waals surface area contributed by atoms with Crippen LogP contribution in [0.15, 0.2) is 41.8 Å². The third-order valence-electron chi connectivity index (χ3n) is 8.31. The van der Waals surface area contributed by atoms with Crippen molar-refractivity contribution in [3.8, 4) is 11.9 Å². The van der Waals surface area contributed by atoms with Gasteiger partial charge in [-0.05, 0) is 49.3 Å². The summed E-state index contributed by atoms with van der Waals surface area (Å²) in [6.07, 6.45) is 5.28. The number of aromatic nitrogens is 4. The molecule has 0 bridgehead atoms. The first kappa shape index (κ1) is 27.3. The number of nitrogens with zero attached hydrogens (tertiary/aromatic N) is 6. The summed E-state index contributed by atoms with van der Waals surface area (Å²) in [6.45, 7) is 1.17. The Hall–Kier alpha value is -3.89. The van der Waals surface area contributed by atoms with Crippen LogP contribution in [0.3, 0.4) is 0 Å². The Balaban J connectivity index is 1.12. The van der Waals surface area contributed by atoms with Crippen LogP contribution in [0, 0.1) is 17.2 Å². The van der Waals surface area contributed by atoms with Gasteiger partial charge < -0.3 is 20.1 Å². The van der Waals surface area contributed by atoms with Crippen LogP contribution < -0.4 is 10.1 Å². The molecular formula is C28H31F3N8O2. The standard InChI is InChI=1S/C28H31F3N8O2/c29-28(30,31)23-11-17(5-10-40)12-24(37-23)41-20-3-8-38(9-4-20)22-13-18(1-6-32)26(22)39-15-19(14-36-39)25-21-2-7-33-27(21)35-16-34-25/h2,7,11-12,14-16,18,20,22,25-26,33,40H,1,3-5,8-10,13H2,(H,34,35). The molecule has 3 N–H and O–H groups in total. The smallest absolute Gasteiger partial charge is 0.433 e. The van der Waals surface area contributed by atoms with Crippen LogP contribution in [0.4, 0.5) is 19.0 Å². The third kappa shape index (κ3) is 5.54. The number of piperidine rings is 1. The molecule has 0 aromatic carbocycles. The average Bonchev–Trinajstić information content (AvgIpc) is 3.61. The second-order valence-corrected chi connectivity index (χ2v) is 10.8. The SMILES string of the molecule is N#CCC1CC(N2CCC(Oc3cc(CCO)cc(C(F)(F)F)n3)CC2)C1n1cc(C2N=CNc3[nH]ccc32)cn1. The fourth-order valence-electron chi connectivity index (χ4n) is 6.23. The number of hydrogen-bond donors (Lipinski definition) is 3. The molecule has 0 spiro atoms. The van der Waals surface area contributed by atoms with Crippen LogP contribution in [0.1, 0.15) is 60.2 Å². The second-order valence-electron chi connectivity index (χ2n) is 10.8. The van der Waals surface area contributed by atoms with Crippen LogP contribution in [0.25, 0.3) is 0 Å². The number of nitriles is 1. The molecule has 0 radical (unpaired) electrons. The van der Waals surface area contributed by atoms with E-state index in [1.54, 1.807) is 6.34 Å². The van der Waals surface area contributed by atoms with Crippen molar-refractivity contribution in [2.75, 3.05) is 25.0 Å². The van der Waals surface area contributed by atoms with Gasteiger partial charge >= 0.3 is 6.18 Å². The fourth-order valence-corrected chi connectivity index (χ4v) is 6.23. The van der Waals surface area contributed by atoms with Gasteiger partial charge in [-0.2, -0.15) is 23.5 Å². The molecule has 1 saturated carbocycles. The second kappa shape index (κ2) is 11.2. The molecule has 2 aliphatic heterocycles. The molecule has 10 nitrogen and oxygen atoms in total. The minimum absolute atomic E-state index is 0.0448. The maximum atomic E-state index is 13.3. The van der Waals surface area contributed by atoms with Gasteiger partial charge in [0.05, 0.1) is 24.6 Å². The third-order valence-corrected chi connectivity index (χ3v) is 8.31. The van der Waals surface area contributed by atoms with Crippen molar-refractivity contribution in [3.63, 3.8) is 0 Å². The van der Waals surface area contributed by atoms with Gasteiger partial charge in [-0.3, -0.25) is 14.6 Å². The molecule has 2 fully saturated rings. The van der Waals surface area contributed by atoms with Gasteiger partial charge in [0.2, 0.25) is 5.88 Å². The quantitative estimate of drug-likeness (QED) is 0.374. The molecule has 4 atom stereocenters. The van der Waals surface area contributed by atoms with Crippen molar-refractivity contribution >= 4 is 12.2 Å². The Morgan fingerprint density at radius 2 is 2.05 bits per heavy atom. The molecule has 3 aromatic rings. The summed E-state index contributed by atoms with van der Waals surface area (Å²) in [7, 11) is 0. The Morgan fingerprint density at radius 3 is 2.80 bits per heavy atom. The van der Waals surface area contributed by atoms with E-state index in [-0.39, 0.29) is 49.1 Å². The van der Waals surface area contributed by atoms with Crippen LogP contribution in [0.5, 0.6) is 5.88 Å². The van der Waals surface area contributed by atoms with Crippen molar-refractivity contribution in [1.29, 1.82) is 5.26 Å². The van der Waals surface area contributed by atoms with E-state index >= 15 is 0 Å². The van der Waals surface area contributed by atoms with Crippen LogP contribution in [-0.4, -0.2) is 67.9 Å². The van der Waals surface area contributed by atoms with E-state index in [2.05, 4.69) is 31.2 Å². The Morgan fingerprint density at radius 1 is 1.22 bits per heavy atom. The van der Waals surface area contributed by atoms with Crippen molar-refractivity contribution in [1.82, 2.24) is 24.6 Å². The summed E-state index contributed by atoms with van der Waals surface area (Å²) in [5, 5.41) is 26.5. The number of H-pyrrole nitrogens is 1. The molecule has 5 heterocycles. The topological polar surface area (TPSA) is 127 Å². The average molecular weight is 569 g/mol. The number of alkyl halides is 3. The van der Waals surface area contributed by atoms with Crippen molar-refractivity contribution in [2.24, 2.45) is 10.9 Å². The fraction of sp³-hybridized carbons (Fsp3) is 0.500. The Kier molecular flexibility index (Phi) is 7.44. The normalized spacial score (nSPS) is 24.8. The van der Waals surface area contributed by atoms with Gasteiger partial charge in [-0.25, -0.2) is 4.98 Å². The molecule has 6 rings (SSSR count). The van der Waals surface area contributed by atoms with E-state index < -0.39 is 11.9 Å². The van der Waals surface area contributed by atoms with Crippen molar-refractivity contribution in [3.05, 3.63) is 59.2 Å². The summed E-state index contributed by atoms with van der Waals surface area (Å²) >= 11 is 0. The zero-order valence-electron chi connectivity index (χ0n) is 22.3. The van der Waals surface area contributed by atoms with Gasteiger partial charge in [0, 0.05) is 61.7 Å². The number of nitrogens with one attached hydrogen (secondary N) is 2. The zero-order chi connectivity index (χ0) is 28.6. The van der Waals surface area contributed by atoms with Gasteiger partial charge in [0.25, 0.3) is 0 Å². The van der Waals surface area contributed by atoms with Crippen molar-refractivity contribution < 1.29 is 23.0 Å². The summed E-state index contributed by atoms with van der Waals surface area (Å²) in [5.74, 6) is 1.04. The lowest BCUT2D eigenvalue weighted by atomic mass is 9.72. The highest BCUT2D eigenvalue weighted by molar-refractivity contribution is 5.79. The van der Waals surface area contributed by atoms with Gasteiger partial charge in [-0.1, -0.05) is 0 Å².